The molecule has 2 aliphatic carbocycles. The SMILES string of the molecule is Cl.O=C(O)C1CCCCC1NCC1CCCC1. The lowest BCUT2D eigenvalue weighted by Crippen LogP contribution is -2.43. The molecule has 17 heavy (non-hydrogen) atoms. The molecule has 100 valence electrons. The van der Waals surface area contributed by atoms with Crippen LogP contribution in [-0.4, -0.2) is 23.7 Å². The van der Waals surface area contributed by atoms with Crippen molar-refractivity contribution in [1.29, 1.82) is 0 Å². The Balaban J connectivity index is 0.00000144. The molecule has 0 heterocycles. The van der Waals surface area contributed by atoms with Gasteiger partial charge in [0.2, 0.25) is 0 Å². The van der Waals surface area contributed by atoms with Crippen molar-refractivity contribution in [3.05, 3.63) is 0 Å². The number of carboxylic acid groups (broad SMARTS) is 1. The molecule has 0 spiro atoms. The number of hydrogen-bond acceptors (Lipinski definition) is 2. The van der Waals surface area contributed by atoms with E-state index in [1.165, 1.54) is 32.1 Å². The highest BCUT2D eigenvalue weighted by Gasteiger charge is 2.30. The lowest BCUT2D eigenvalue weighted by molar-refractivity contribution is -0.143. The summed E-state index contributed by atoms with van der Waals surface area (Å²) in [6.45, 7) is 1.04. The smallest absolute Gasteiger partial charge is 0.308 e. The fourth-order valence-electron chi connectivity index (χ4n) is 3.20. The van der Waals surface area contributed by atoms with Crippen LogP contribution in [0.4, 0.5) is 0 Å². The van der Waals surface area contributed by atoms with E-state index >= 15 is 0 Å². The molecular weight excluding hydrogens is 238 g/mol. The highest BCUT2D eigenvalue weighted by atomic mass is 35.5. The summed E-state index contributed by atoms with van der Waals surface area (Å²) < 4.78 is 0. The molecule has 3 nitrogen and oxygen atoms in total. The van der Waals surface area contributed by atoms with Gasteiger partial charge in [-0.15, -0.1) is 12.4 Å². The highest BCUT2D eigenvalue weighted by Crippen LogP contribution is 2.27. The average molecular weight is 262 g/mol. The first-order valence-electron chi connectivity index (χ1n) is 6.73. The Kier molecular flexibility index (Phi) is 6.28. The number of rotatable bonds is 4. The highest BCUT2D eigenvalue weighted by molar-refractivity contribution is 5.85. The third-order valence-electron chi connectivity index (χ3n) is 4.23. The van der Waals surface area contributed by atoms with Crippen LogP contribution >= 0.6 is 12.4 Å². The quantitative estimate of drug-likeness (QED) is 0.818. The summed E-state index contributed by atoms with van der Waals surface area (Å²) in [7, 11) is 0. The summed E-state index contributed by atoms with van der Waals surface area (Å²) in [6.07, 6.45) is 9.56. The first kappa shape index (κ1) is 14.8. The normalized spacial score (nSPS) is 29.9. The Morgan fingerprint density at radius 3 is 2.29 bits per heavy atom. The molecule has 0 bridgehead atoms. The monoisotopic (exact) mass is 261 g/mol. The van der Waals surface area contributed by atoms with Crippen molar-refractivity contribution >= 4 is 18.4 Å². The van der Waals surface area contributed by atoms with Gasteiger partial charge in [-0.25, -0.2) is 0 Å². The number of halogens is 1. The average Bonchev–Trinajstić information content (AvgIpc) is 2.79. The third kappa shape index (κ3) is 4.14. The topological polar surface area (TPSA) is 49.3 Å². The van der Waals surface area contributed by atoms with Gasteiger partial charge >= 0.3 is 5.97 Å². The van der Waals surface area contributed by atoms with E-state index in [4.69, 9.17) is 5.11 Å². The van der Waals surface area contributed by atoms with Crippen LogP contribution in [-0.2, 0) is 4.79 Å². The van der Waals surface area contributed by atoms with Gasteiger partial charge in [0.15, 0.2) is 0 Å². The minimum Gasteiger partial charge on any atom is -0.481 e. The fraction of sp³-hybridized carbons (Fsp3) is 0.923. The summed E-state index contributed by atoms with van der Waals surface area (Å²) >= 11 is 0. The van der Waals surface area contributed by atoms with E-state index in [1.807, 2.05) is 0 Å². The number of carbonyl (C=O) groups is 1. The van der Waals surface area contributed by atoms with Gasteiger partial charge in [-0.05, 0) is 38.1 Å². The molecule has 2 unspecified atom stereocenters. The van der Waals surface area contributed by atoms with E-state index in [0.717, 1.165) is 31.7 Å². The molecule has 0 saturated heterocycles. The predicted molar refractivity (Wildman–Crippen MR) is 70.6 cm³/mol. The second-order valence-electron chi connectivity index (χ2n) is 5.39. The summed E-state index contributed by atoms with van der Waals surface area (Å²) in [4.78, 5) is 11.1. The van der Waals surface area contributed by atoms with Crippen molar-refractivity contribution in [2.45, 2.75) is 57.4 Å². The van der Waals surface area contributed by atoms with Crippen LogP contribution < -0.4 is 5.32 Å². The molecule has 2 fully saturated rings. The van der Waals surface area contributed by atoms with Gasteiger partial charge in [0.25, 0.3) is 0 Å². The van der Waals surface area contributed by atoms with Crippen molar-refractivity contribution in [3.8, 4) is 0 Å². The predicted octanol–water partition coefficient (Wildman–Crippen LogP) is 2.83. The van der Waals surface area contributed by atoms with E-state index in [2.05, 4.69) is 5.32 Å². The molecule has 0 aromatic heterocycles. The van der Waals surface area contributed by atoms with Crippen LogP contribution in [0, 0.1) is 11.8 Å². The van der Waals surface area contributed by atoms with Crippen molar-refractivity contribution < 1.29 is 9.90 Å². The van der Waals surface area contributed by atoms with Gasteiger partial charge in [-0.2, -0.15) is 0 Å². The zero-order chi connectivity index (χ0) is 11.4. The Morgan fingerprint density at radius 1 is 1.06 bits per heavy atom. The molecule has 0 aromatic rings. The molecule has 2 N–H and O–H groups in total. The van der Waals surface area contributed by atoms with Crippen LogP contribution in [0.2, 0.25) is 0 Å². The summed E-state index contributed by atoms with van der Waals surface area (Å²) in [6, 6.07) is 0.229. The first-order chi connectivity index (χ1) is 7.77. The van der Waals surface area contributed by atoms with Crippen molar-refractivity contribution in [3.63, 3.8) is 0 Å². The fourth-order valence-corrected chi connectivity index (χ4v) is 3.20. The van der Waals surface area contributed by atoms with Crippen LogP contribution in [0.3, 0.4) is 0 Å². The lowest BCUT2D eigenvalue weighted by Gasteiger charge is -2.30. The Hall–Kier alpha value is -0.280. The molecule has 0 amide bonds. The van der Waals surface area contributed by atoms with Gasteiger partial charge in [-0.3, -0.25) is 4.79 Å². The molecule has 2 rings (SSSR count). The minimum absolute atomic E-state index is 0. The molecule has 4 heteroatoms. The van der Waals surface area contributed by atoms with Crippen molar-refractivity contribution in [1.82, 2.24) is 5.32 Å². The molecular formula is C13H24ClNO2. The van der Waals surface area contributed by atoms with Crippen LogP contribution in [0.1, 0.15) is 51.4 Å². The Labute approximate surface area is 110 Å². The summed E-state index contributed by atoms with van der Waals surface area (Å²) in [5.41, 5.74) is 0. The molecule has 2 aliphatic rings. The van der Waals surface area contributed by atoms with Gasteiger partial charge in [0, 0.05) is 6.04 Å². The maximum Gasteiger partial charge on any atom is 0.308 e. The maximum absolute atomic E-state index is 11.1. The second kappa shape index (κ2) is 7.22. The zero-order valence-electron chi connectivity index (χ0n) is 10.4. The van der Waals surface area contributed by atoms with Gasteiger partial charge in [0.05, 0.1) is 5.92 Å². The minimum atomic E-state index is -0.608. The standard InChI is InChI=1S/C13H23NO2.ClH/c15-13(16)11-7-3-4-8-12(11)14-9-10-5-1-2-6-10;/h10-12,14H,1-9H2,(H,15,16);1H. The molecule has 0 radical (unpaired) electrons. The largest absolute Gasteiger partial charge is 0.481 e. The number of carboxylic acids is 1. The lowest BCUT2D eigenvalue weighted by atomic mass is 9.84. The summed E-state index contributed by atoms with van der Waals surface area (Å²) in [5, 5.41) is 12.7. The van der Waals surface area contributed by atoms with Gasteiger partial charge < -0.3 is 10.4 Å². The van der Waals surface area contributed by atoms with E-state index in [1.54, 1.807) is 0 Å². The van der Waals surface area contributed by atoms with E-state index in [-0.39, 0.29) is 24.4 Å². The maximum atomic E-state index is 11.1. The zero-order valence-corrected chi connectivity index (χ0v) is 11.2. The van der Waals surface area contributed by atoms with E-state index in [9.17, 15) is 4.79 Å². The van der Waals surface area contributed by atoms with Crippen molar-refractivity contribution in [2.75, 3.05) is 6.54 Å². The van der Waals surface area contributed by atoms with Crippen molar-refractivity contribution in [2.24, 2.45) is 11.8 Å². The third-order valence-corrected chi connectivity index (χ3v) is 4.23. The van der Waals surface area contributed by atoms with Crippen LogP contribution in [0.25, 0.3) is 0 Å². The Bertz CT molecular complexity index is 242. The number of hydrogen-bond donors (Lipinski definition) is 2. The summed E-state index contributed by atoms with van der Waals surface area (Å²) in [5.74, 6) is 0.0511. The van der Waals surface area contributed by atoms with Crippen LogP contribution in [0.15, 0.2) is 0 Å². The number of nitrogens with one attached hydrogen (secondary N) is 1. The first-order valence-corrected chi connectivity index (χ1v) is 6.73. The molecule has 0 aliphatic heterocycles. The number of aliphatic carboxylic acids is 1. The van der Waals surface area contributed by atoms with E-state index in [0.29, 0.717) is 0 Å². The van der Waals surface area contributed by atoms with Gasteiger partial charge in [-0.1, -0.05) is 25.7 Å². The molecule has 2 atom stereocenters. The second-order valence-corrected chi connectivity index (χ2v) is 5.39. The van der Waals surface area contributed by atoms with E-state index < -0.39 is 5.97 Å². The van der Waals surface area contributed by atoms with Crippen LogP contribution in [0.5, 0.6) is 0 Å². The van der Waals surface area contributed by atoms with Gasteiger partial charge in [0.1, 0.15) is 0 Å². The molecule has 2 saturated carbocycles. The molecule has 0 aromatic carbocycles. The Morgan fingerprint density at radius 2 is 1.65 bits per heavy atom.